The topological polar surface area (TPSA) is 98.2 Å². The molecule has 0 radical (unpaired) electrons. The molecule has 0 unspecified atom stereocenters. The molecule has 7 nitrogen and oxygen atoms in total. The number of rotatable bonds is 5. The number of halogens is 6. The lowest BCUT2D eigenvalue weighted by molar-refractivity contribution is -0.141. The number of hydrogen-bond donors (Lipinski definition) is 1. The van der Waals surface area contributed by atoms with Crippen LogP contribution >= 0.6 is 0 Å². The molecular weight excluding hydrogens is 504 g/mol. The predicted molar refractivity (Wildman–Crippen MR) is 111 cm³/mol. The second-order valence-electron chi connectivity index (χ2n) is 7.28. The minimum atomic E-state index is -4.97. The van der Waals surface area contributed by atoms with Gasteiger partial charge in [0.2, 0.25) is 0 Å². The zero-order valence-corrected chi connectivity index (χ0v) is 18.6. The summed E-state index contributed by atoms with van der Waals surface area (Å²) in [6.45, 7) is 1.26. The number of anilines is 1. The van der Waals surface area contributed by atoms with Crippen molar-refractivity contribution in [3.8, 4) is 11.6 Å². The maximum Gasteiger partial charge on any atom is 0.435 e. The molecule has 1 aromatic heterocycles. The van der Waals surface area contributed by atoms with Gasteiger partial charge < -0.3 is 10.1 Å². The molecular formula is C21H15F6N3O4S. The maximum atomic E-state index is 13.2. The third kappa shape index (κ3) is 6.26. The Morgan fingerprint density at radius 3 is 2.20 bits per heavy atom. The smallest absolute Gasteiger partial charge is 0.435 e. The summed E-state index contributed by atoms with van der Waals surface area (Å²) < 4.78 is 107. The number of nitrogens with one attached hydrogen (secondary N) is 1. The van der Waals surface area contributed by atoms with Crippen LogP contribution in [0.25, 0.3) is 0 Å². The molecule has 0 fully saturated rings. The Kier molecular flexibility index (Phi) is 6.79. The normalized spacial score (nSPS) is 12.3. The van der Waals surface area contributed by atoms with Gasteiger partial charge in [0.15, 0.2) is 15.5 Å². The van der Waals surface area contributed by atoms with Crippen LogP contribution in [0.15, 0.2) is 53.4 Å². The first kappa shape index (κ1) is 25.9. The number of sulfone groups is 1. The largest absolute Gasteiger partial charge is 0.437 e. The van der Waals surface area contributed by atoms with Crippen LogP contribution in [0.1, 0.15) is 27.2 Å². The van der Waals surface area contributed by atoms with Gasteiger partial charge in [0.05, 0.1) is 10.5 Å². The summed E-state index contributed by atoms with van der Waals surface area (Å²) in [6, 6.07) is 7.68. The van der Waals surface area contributed by atoms with Gasteiger partial charge in [0.1, 0.15) is 11.3 Å². The number of amides is 1. The summed E-state index contributed by atoms with van der Waals surface area (Å²) in [7, 11) is -3.65. The zero-order chi connectivity index (χ0) is 26.2. The Balaban J connectivity index is 2.01. The molecule has 0 bridgehead atoms. The van der Waals surface area contributed by atoms with E-state index in [4.69, 9.17) is 4.74 Å². The average molecular weight is 519 g/mol. The number of carbonyl (C=O) groups is 1. The van der Waals surface area contributed by atoms with Gasteiger partial charge in [-0.25, -0.2) is 8.42 Å². The van der Waals surface area contributed by atoms with E-state index in [1.807, 2.05) is 0 Å². The monoisotopic (exact) mass is 519 g/mol. The molecule has 0 saturated heterocycles. The summed E-state index contributed by atoms with van der Waals surface area (Å²) in [5.74, 6) is -2.08. The van der Waals surface area contributed by atoms with Crippen molar-refractivity contribution in [3.63, 3.8) is 0 Å². The Labute approximate surface area is 194 Å². The van der Waals surface area contributed by atoms with Gasteiger partial charge in [-0.1, -0.05) is 6.07 Å². The van der Waals surface area contributed by atoms with Gasteiger partial charge in [-0.3, -0.25) is 4.79 Å². The Morgan fingerprint density at radius 2 is 1.63 bits per heavy atom. The van der Waals surface area contributed by atoms with Crippen molar-refractivity contribution in [2.75, 3.05) is 11.6 Å². The third-order valence-corrected chi connectivity index (χ3v) is 5.63. The molecule has 0 spiro atoms. The van der Waals surface area contributed by atoms with Gasteiger partial charge in [0, 0.05) is 11.9 Å². The SMILES string of the molecule is Cc1cc(C(F)(F)F)ccc1Oc1nnc(C(F)(F)F)cc1C(=O)Nc1cccc(S(C)(=O)=O)c1. The fourth-order valence-electron chi connectivity index (χ4n) is 2.80. The highest BCUT2D eigenvalue weighted by molar-refractivity contribution is 7.90. The van der Waals surface area contributed by atoms with Gasteiger partial charge in [-0.05, 0) is 55.0 Å². The number of aryl methyl sites for hydroxylation is 1. The summed E-state index contributed by atoms with van der Waals surface area (Å²) in [5.41, 5.74) is -3.33. The molecule has 3 aromatic rings. The number of alkyl halides is 6. The Morgan fingerprint density at radius 1 is 0.943 bits per heavy atom. The quantitative estimate of drug-likeness (QED) is 0.461. The summed E-state index contributed by atoms with van der Waals surface area (Å²) in [5, 5.41) is 8.54. The Hall–Kier alpha value is -3.68. The van der Waals surface area contributed by atoms with Crippen molar-refractivity contribution in [1.82, 2.24) is 10.2 Å². The molecule has 1 heterocycles. The highest BCUT2D eigenvalue weighted by Gasteiger charge is 2.35. The summed E-state index contributed by atoms with van der Waals surface area (Å²) in [4.78, 5) is 12.7. The number of ether oxygens (including phenoxy) is 1. The number of aromatic nitrogens is 2. The van der Waals surface area contributed by atoms with E-state index in [1.165, 1.54) is 25.1 Å². The van der Waals surface area contributed by atoms with Crippen molar-refractivity contribution in [3.05, 3.63) is 70.9 Å². The van der Waals surface area contributed by atoms with Crippen molar-refractivity contribution in [2.24, 2.45) is 0 Å². The fraction of sp³-hybridized carbons (Fsp3) is 0.190. The van der Waals surface area contributed by atoms with Crippen LogP contribution in [-0.2, 0) is 22.2 Å². The van der Waals surface area contributed by atoms with Crippen molar-refractivity contribution in [1.29, 1.82) is 0 Å². The summed E-state index contributed by atoms with van der Waals surface area (Å²) >= 11 is 0. The molecule has 14 heteroatoms. The van der Waals surface area contributed by atoms with E-state index in [2.05, 4.69) is 15.5 Å². The van der Waals surface area contributed by atoms with E-state index in [-0.39, 0.29) is 21.9 Å². The molecule has 0 aliphatic rings. The molecule has 3 rings (SSSR count). The maximum absolute atomic E-state index is 13.2. The first-order valence-corrected chi connectivity index (χ1v) is 11.4. The standard InChI is InChI=1S/C21H15F6N3O4S/c1-11-8-12(20(22,23)24)6-7-16(11)34-19-15(10-17(29-30-19)21(25,26)27)18(31)28-13-4-3-5-14(9-13)35(2,32)33/h3-10H,1-2H3,(H,28,31). The van der Waals surface area contributed by atoms with E-state index in [0.717, 1.165) is 24.5 Å². The zero-order valence-electron chi connectivity index (χ0n) is 17.8. The van der Waals surface area contributed by atoms with E-state index in [1.54, 1.807) is 0 Å². The number of nitrogens with zero attached hydrogens (tertiary/aromatic N) is 2. The van der Waals surface area contributed by atoms with Crippen LogP contribution in [0.5, 0.6) is 11.6 Å². The lowest BCUT2D eigenvalue weighted by atomic mass is 10.1. The van der Waals surface area contributed by atoms with Gasteiger partial charge in [-0.15, -0.1) is 10.2 Å². The van der Waals surface area contributed by atoms with E-state index >= 15 is 0 Å². The van der Waals surface area contributed by atoms with E-state index in [9.17, 15) is 39.6 Å². The Bertz CT molecular complexity index is 1390. The van der Waals surface area contributed by atoms with E-state index < -0.39 is 50.8 Å². The van der Waals surface area contributed by atoms with E-state index in [0.29, 0.717) is 12.1 Å². The summed E-state index contributed by atoms with van der Waals surface area (Å²) in [6.07, 6.45) is -8.68. The number of benzene rings is 2. The van der Waals surface area contributed by atoms with Crippen LogP contribution in [0.3, 0.4) is 0 Å². The molecule has 1 N–H and O–H groups in total. The fourth-order valence-corrected chi connectivity index (χ4v) is 3.47. The van der Waals surface area contributed by atoms with Gasteiger partial charge in [0.25, 0.3) is 11.8 Å². The van der Waals surface area contributed by atoms with Crippen LogP contribution in [0.4, 0.5) is 32.0 Å². The molecule has 186 valence electrons. The van der Waals surface area contributed by atoms with Gasteiger partial charge >= 0.3 is 12.4 Å². The minimum absolute atomic E-state index is 0.0336. The molecule has 2 aromatic carbocycles. The minimum Gasteiger partial charge on any atom is -0.437 e. The molecule has 0 aliphatic heterocycles. The highest BCUT2D eigenvalue weighted by atomic mass is 32.2. The third-order valence-electron chi connectivity index (χ3n) is 4.52. The molecule has 0 aliphatic carbocycles. The molecule has 1 amide bonds. The molecule has 0 atom stereocenters. The first-order chi connectivity index (χ1) is 16.1. The van der Waals surface area contributed by atoms with Gasteiger partial charge in [-0.2, -0.15) is 26.3 Å². The first-order valence-electron chi connectivity index (χ1n) is 9.48. The second kappa shape index (κ2) is 9.17. The van der Waals surface area contributed by atoms with Crippen LogP contribution in [0.2, 0.25) is 0 Å². The van der Waals surface area contributed by atoms with Crippen LogP contribution in [-0.4, -0.2) is 30.8 Å². The van der Waals surface area contributed by atoms with Crippen LogP contribution in [0, 0.1) is 6.92 Å². The molecule has 35 heavy (non-hydrogen) atoms. The average Bonchev–Trinajstić information content (AvgIpc) is 2.73. The highest BCUT2D eigenvalue weighted by Crippen LogP contribution is 2.35. The van der Waals surface area contributed by atoms with Crippen LogP contribution < -0.4 is 10.1 Å². The second-order valence-corrected chi connectivity index (χ2v) is 9.30. The lowest BCUT2D eigenvalue weighted by Crippen LogP contribution is -2.18. The molecule has 0 saturated carbocycles. The van der Waals surface area contributed by atoms with Crippen molar-refractivity contribution >= 4 is 21.4 Å². The lowest BCUT2D eigenvalue weighted by Gasteiger charge is -2.15. The van der Waals surface area contributed by atoms with Crippen molar-refractivity contribution < 1.29 is 44.3 Å². The number of carbonyl (C=O) groups excluding carboxylic acids is 1. The van der Waals surface area contributed by atoms with Crippen molar-refractivity contribution in [2.45, 2.75) is 24.2 Å². The predicted octanol–water partition coefficient (Wildman–Crippen LogP) is 5.27. The number of hydrogen-bond acceptors (Lipinski definition) is 6.